The van der Waals surface area contributed by atoms with Gasteiger partial charge in [-0.3, -0.25) is 4.79 Å². The lowest BCUT2D eigenvalue weighted by Gasteiger charge is -2.29. The Balaban J connectivity index is 2.78. The van der Waals surface area contributed by atoms with Gasteiger partial charge in [-0.15, -0.1) is 6.58 Å². The predicted octanol–water partition coefficient (Wildman–Crippen LogP) is 3.41. The standard InChI is InChI=1S/C19H24FNO5/c1-6-11-19(5,21-17(24)26-18(2,3)4)16(23)25-12-15(22)13-9-7-8-10-14(13)20/h6-10H,1,11-12H2,2-5H3,(H,21,24). The lowest BCUT2D eigenvalue weighted by Crippen LogP contribution is -2.54. The maximum absolute atomic E-state index is 13.6. The number of rotatable bonds is 7. The molecule has 0 spiro atoms. The molecule has 1 N–H and O–H groups in total. The molecule has 0 aliphatic rings. The number of alkyl carbamates (subject to hydrolysis) is 1. The first-order valence-electron chi connectivity index (χ1n) is 8.05. The van der Waals surface area contributed by atoms with Crippen LogP contribution < -0.4 is 5.32 Å². The lowest BCUT2D eigenvalue weighted by molar-refractivity contribution is -0.149. The van der Waals surface area contributed by atoms with Crippen LogP contribution in [0.3, 0.4) is 0 Å². The summed E-state index contributed by atoms with van der Waals surface area (Å²) < 4.78 is 23.7. The van der Waals surface area contributed by atoms with Gasteiger partial charge in [0.2, 0.25) is 5.78 Å². The van der Waals surface area contributed by atoms with E-state index in [0.29, 0.717) is 0 Å². The highest BCUT2D eigenvalue weighted by Gasteiger charge is 2.37. The Hall–Kier alpha value is -2.70. The lowest BCUT2D eigenvalue weighted by atomic mass is 9.98. The number of Topliss-reactive ketones (excluding diaryl/α,β-unsaturated/α-hetero) is 1. The van der Waals surface area contributed by atoms with Gasteiger partial charge in [0.1, 0.15) is 17.0 Å². The molecular formula is C19H24FNO5. The van der Waals surface area contributed by atoms with Gasteiger partial charge in [-0.05, 0) is 46.2 Å². The van der Waals surface area contributed by atoms with Gasteiger partial charge in [0.25, 0.3) is 0 Å². The minimum absolute atomic E-state index is 0.0545. The minimum atomic E-state index is -1.47. The van der Waals surface area contributed by atoms with Crippen molar-refractivity contribution in [3.63, 3.8) is 0 Å². The first-order valence-corrected chi connectivity index (χ1v) is 8.05. The molecule has 1 rings (SSSR count). The number of carbonyl (C=O) groups is 3. The third-order valence-corrected chi connectivity index (χ3v) is 3.29. The van der Waals surface area contributed by atoms with E-state index in [9.17, 15) is 18.8 Å². The van der Waals surface area contributed by atoms with E-state index in [4.69, 9.17) is 9.47 Å². The van der Waals surface area contributed by atoms with Crippen LogP contribution in [0.1, 0.15) is 44.5 Å². The molecule has 0 saturated heterocycles. The number of halogens is 1. The molecule has 0 bridgehead atoms. The highest BCUT2D eigenvalue weighted by molar-refractivity contribution is 5.98. The first kappa shape index (κ1) is 21.3. The van der Waals surface area contributed by atoms with Crippen molar-refractivity contribution in [2.75, 3.05) is 6.61 Å². The highest BCUT2D eigenvalue weighted by atomic mass is 19.1. The Morgan fingerprint density at radius 2 is 1.81 bits per heavy atom. The molecule has 26 heavy (non-hydrogen) atoms. The van der Waals surface area contributed by atoms with E-state index in [0.717, 1.165) is 6.07 Å². The maximum Gasteiger partial charge on any atom is 0.408 e. The zero-order valence-corrected chi connectivity index (χ0v) is 15.4. The number of nitrogens with one attached hydrogen (secondary N) is 1. The van der Waals surface area contributed by atoms with Crippen LogP contribution in [0.5, 0.6) is 0 Å². The second-order valence-electron chi connectivity index (χ2n) is 6.93. The van der Waals surface area contributed by atoms with Crippen LogP contribution in [0.4, 0.5) is 9.18 Å². The Bertz CT molecular complexity index is 695. The molecular weight excluding hydrogens is 341 g/mol. The molecule has 1 aromatic rings. The van der Waals surface area contributed by atoms with E-state index in [1.54, 1.807) is 20.8 Å². The van der Waals surface area contributed by atoms with Crippen LogP contribution in [0, 0.1) is 5.82 Å². The van der Waals surface area contributed by atoms with Crippen LogP contribution in [-0.4, -0.2) is 35.6 Å². The molecule has 6 nitrogen and oxygen atoms in total. The summed E-state index contributed by atoms with van der Waals surface area (Å²) in [6.45, 7) is 9.37. The summed E-state index contributed by atoms with van der Waals surface area (Å²) >= 11 is 0. The molecule has 0 heterocycles. The number of benzene rings is 1. The van der Waals surface area contributed by atoms with Gasteiger partial charge in [0.05, 0.1) is 5.56 Å². The molecule has 0 fully saturated rings. The van der Waals surface area contributed by atoms with Gasteiger partial charge in [0.15, 0.2) is 6.61 Å². The van der Waals surface area contributed by atoms with Crippen LogP contribution >= 0.6 is 0 Å². The molecule has 0 aliphatic carbocycles. The predicted molar refractivity (Wildman–Crippen MR) is 94.3 cm³/mol. The molecule has 1 unspecified atom stereocenters. The summed E-state index contributed by atoms with van der Waals surface area (Å²) in [4.78, 5) is 36.4. The summed E-state index contributed by atoms with van der Waals surface area (Å²) in [7, 11) is 0. The van der Waals surface area contributed by atoms with Gasteiger partial charge >= 0.3 is 12.1 Å². The molecule has 0 radical (unpaired) electrons. The fourth-order valence-corrected chi connectivity index (χ4v) is 2.06. The topological polar surface area (TPSA) is 81.7 Å². The van der Waals surface area contributed by atoms with E-state index >= 15 is 0 Å². The molecule has 1 amide bonds. The van der Waals surface area contributed by atoms with Crippen LogP contribution in [0.25, 0.3) is 0 Å². The summed E-state index contributed by atoms with van der Waals surface area (Å²) in [5.41, 5.74) is -2.39. The SMILES string of the molecule is C=CCC(C)(NC(=O)OC(C)(C)C)C(=O)OCC(=O)c1ccccc1F. The largest absolute Gasteiger partial charge is 0.456 e. The number of carbonyl (C=O) groups excluding carboxylic acids is 3. The monoisotopic (exact) mass is 365 g/mol. The fraction of sp³-hybridized carbons (Fsp3) is 0.421. The second kappa shape index (κ2) is 8.60. The van der Waals surface area contributed by atoms with Crippen molar-refractivity contribution >= 4 is 17.8 Å². The van der Waals surface area contributed by atoms with Crippen molar-refractivity contribution in [1.82, 2.24) is 5.32 Å². The molecule has 0 saturated carbocycles. The number of esters is 1. The number of ether oxygens (including phenoxy) is 2. The number of hydrogen-bond acceptors (Lipinski definition) is 5. The second-order valence-corrected chi connectivity index (χ2v) is 6.93. The smallest absolute Gasteiger partial charge is 0.408 e. The van der Waals surface area contributed by atoms with E-state index in [-0.39, 0.29) is 12.0 Å². The van der Waals surface area contributed by atoms with E-state index in [1.807, 2.05) is 0 Å². The van der Waals surface area contributed by atoms with Crippen molar-refractivity contribution in [3.05, 3.63) is 48.3 Å². The fourth-order valence-electron chi connectivity index (χ4n) is 2.06. The van der Waals surface area contributed by atoms with Crippen LogP contribution in [0.15, 0.2) is 36.9 Å². The van der Waals surface area contributed by atoms with Gasteiger partial charge in [-0.2, -0.15) is 0 Å². The molecule has 1 atom stereocenters. The van der Waals surface area contributed by atoms with Crippen LogP contribution in [-0.2, 0) is 14.3 Å². The maximum atomic E-state index is 13.6. The van der Waals surface area contributed by atoms with E-state index in [1.165, 1.54) is 31.2 Å². The van der Waals surface area contributed by atoms with E-state index < -0.39 is 41.4 Å². The van der Waals surface area contributed by atoms with Gasteiger partial charge in [-0.25, -0.2) is 14.0 Å². The Morgan fingerprint density at radius 1 is 1.19 bits per heavy atom. The van der Waals surface area contributed by atoms with Crippen molar-refractivity contribution < 1.29 is 28.2 Å². The van der Waals surface area contributed by atoms with Crippen molar-refractivity contribution in [2.45, 2.75) is 45.3 Å². The molecule has 7 heteroatoms. The van der Waals surface area contributed by atoms with Gasteiger partial charge in [-0.1, -0.05) is 18.2 Å². The summed E-state index contributed by atoms with van der Waals surface area (Å²) in [5, 5.41) is 2.43. The van der Waals surface area contributed by atoms with Crippen LogP contribution in [0.2, 0.25) is 0 Å². The highest BCUT2D eigenvalue weighted by Crippen LogP contribution is 2.16. The third-order valence-electron chi connectivity index (χ3n) is 3.29. The number of hydrogen-bond donors (Lipinski definition) is 1. The van der Waals surface area contributed by atoms with Crippen molar-refractivity contribution in [3.8, 4) is 0 Å². The Kier molecular flexibility index (Phi) is 7.06. The Labute approximate surface area is 152 Å². The third kappa shape index (κ3) is 6.31. The first-order chi connectivity index (χ1) is 12.0. The molecule has 142 valence electrons. The van der Waals surface area contributed by atoms with Gasteiger partial charge in [0, 0.05) is 0 Å². The normalized spacial score (nSPS) is 13.3. The van der Waals surface area contributed by atoms with Crippen molar-refractivity contribution in [2.24, 2.45) is 0 Å². The quantitative estimate of drug-likeness (QED) is 0.455. The zero-order valence-electron chi connectivity index (χ0n) is 15.4. The molecule has 0 aliphatic heterocycles. The molecule has 1 aromatic carbocycles. The van der Waals surface area contributed by atoms with Crippen molar-refractivity contribution in [1.29, 1.82) is 0 Å². The number of amides is 1. The zero-order chi connectivity index (χ0) is 20.0. The van der Waals surface area contributed by atoms with Gasteiger partial charge < -0.3 is 14.8 Å². The Morgan fingerprint density at radius 3 is 2.35 bits per heavy atom. The average molecular weight is 365 g/mol. The summed E-state index contributed by atoms with van der Waals surface area (Å²) in [6, 6.07) is 5.39. The molecule has 0 aromatic heterocycles. The summed E-state index contributed by atoms with van der Waals surface area (Å²) in [6.07, 6.45) is 0.676. The minimum Gasteiger partial charge on any atom is -0.456 e. The summed E-state index contributed by atoms with van der Waals surface area (Å²) in [5.74, 6) is -2.24. The van der Waals surface area contributed by atoms with E-state index in [2.05, 4.69) is 11.9 Å². The average Bonchev–Trinajstić information content (AvgIpc) is 2.50. The number of ketones is 1.